The summed E-state index contributed by atoms with van der Waals surface area (Å²) >= 11 is 0. The van der Waals surface area contributed by atoms with E-state index in [2.05, 4.69) is 5.16 Å². The summed E-state index contributed by atoms with van der Waals surface area (Å²) in [6.07, 6.45) is 2.53. The number of oxime groups is 1. The van der Waals surface area contributed by atoms with E-state index in [1.54, 1.807) is 4.90 Å². The number of hydrogen-bond acceptors (Lipinski definition) is 3. The quantitative estimate of drug-likeness (QED) is 0.314. The predicted molar refractivity (Wildman–Crippen MR) is 57.6 cm³/mol. The van der Waals surface area contributed by atoms with Gasteiger partial charge in [-0.3, -0.25) is 4.79 Å². The maximum Gasteiger partial charge on any atom is 0.226 e. The number of amidine groups is 1. The van der Waals surface area contributed by atoms with Crippen LogP contribution >= 0.6 is 0 Å². The highest BCUT2D eigenvalue weighted by molar-refractivity contribution is 5.91. The molecule has 0 aromatic heterocycles. The largest absolute Gasteiger partial charge is 0.409 e. The lowest BCUT2D eigenvalue weighted by molar-refractivity contribution is -0.134. The molecule has 1 aliphatic rings. The first-order valence-corrected chi connectivity index (χ1v) is 5.39. The maximum absolute atomic E-state index is 11.9. The van der Waals surface area contributed by atoms with Gasteiger partial charge in [0.05, 0.1) is 6.04 Å². The van der Waals surface area contributed by atoms with Gasteiger partial charge in [-0.05, 0) is 19.3 Å². The van der Waals surface area contributed by atoms with Crippen molar-refractivity contribution in [3.8, 4) is 0 Å². The summed E-state index contributed by atoms with van der Waals surface area (Å²) in [5.74, 6) is 0.257. The Morgan fingerprint density at radius 1 is 1.73 bits per heavy atom. The van der Waals surface area contributed by atoms with Crippen LogP contribution in [0.5, 0.6) is 0 Å². The fourth-order valence-electron chi connectivity index (χ4n) is 1.86. The second kappa shape index (κ2) is 5.00. The van der Waals surface area contributed by atoms with Crippen LogP contribution in [0.3, 0.4) is 0 Å². The van der Waals surface area contributed by atoms with Gasteiger partial charge in [0.15, 0.2) is 5.84 Å². The molecule has 1 amide bonds. The first-order valence-electron chi connectivity index (χ1n) is 5.39. The number of amides is 1. The molecule has 0 bridgehead atoms. The second-order valence-electron chi connectivity index (χ2n) is 4.02. The molecule has 5 nitrogen and oxygen atoms in total. The molecular weight excluding hydrogens is 194 g/mol. The number of rotatable bonds is 3. The van der Waals surface area contributed by atoms with Crippen LogP contribution in [0.4, 0.5) is 0 Å². The molecule has 0 aliphatic carbocycles. The molecule has 86 valence electrons. The Morgan fingerprint density at radius 3 is 2.93 bits per heavy atom. The van der Waals surface area contributed by atoms with Crippen LogP contribution < -0.4 is 5.73 Å². The Labute approximate surface area is 89.9 Å². The van der Waals surface area contributed by atoms with E-state index in [1.807, 2.05) is 13.8 Å². The Bertz CT molecular complexity index is 265. The fourth-order valence-corrected chi connectivity index (χ4v) is 1.86. The first kappa shape index (κ1) is 11.8. The summed E-state index contributed by atoms with van der Waals surface area (Å²) in [4.78, 5) is 13.7. The minimum absolute atomic E-state index is 0.0112. The van der Waals surface area contributed by atoms with Crippen molar-refractivity contribution in [3.63, 3.8) is 0 Å². The van der Waals surface area contributed by atoms with Crippen molar-refractivity contribution in [2.75, 3.05) is 6.54 Å². The number of carbonyl (C=O) groups excluding carboxylic acids is 1. The molecule has 0 aromatic carbocycles. The molecule has 3 N–H and O–H groups in total. The highest BCUT2D eigenvalue weighted by Crippen LogP contribution is 2.20. The highest BCUT2D eigenvalue weighted by Gasteiger charge is 2.33. The Kier molecular flexibility index (Phi) is 3.94. The van der Waals surface area contributed by atoms with Crippen LogP contribution in [0.25, 0.3) is 0 Å². The van der Waals surface area contributed by atoms with Crippen LogP contribution in [0.15, 0.2) is 5.16 Å². The molecule has 1 heterocycles. The van der Waals surface area contributed by atoms with E-state index in [1.165, 1.54) is 0 Å². The number of hydrogen-bond donors (Lipinski definition) is 2. The molecule has 5 heteroatoms. The Balaban J connectivity index is 2.72. The average Bonchev–Trinajstić information content (AvgIpc) is 2.74. The van der Waals surface area contributed by atoms with E-state index in [0.717, 1.165) is 19.3 Å². The van der Waals surface area contributed by atoms with Crippen molar-refractivity contribution < 1.29 is 10.0 Å². The van der Waals surface area contributed by atoms with Gasteiger partial charge in [-0.1, -0.05) is 19.0 Å². The zero-order chi connectivity index (χ0) is 11.4. The normalized spacial score (nSPS) is 24.3. The fraction of sp³-hybridized carbons (Fsp3) is 0.800. The van der Waals surface area contributed by atoms with Crippen molar-refractivity contribution in [1.82, 2.24) is 4.90 Å². The summed E-state index contributed by atoms with van der Waals surface area (Å²) in [5.41, 5.74) is 5.55. The number of nitrogens with two attached hydrogens (primary N) is 1. The van der Waals surface area contributed by atoms with E-state index >= 15 is 0 Å². The summed E-state index contributed by atoms with van der Waals surface area (Å²) in [6.45, 7) is 4.60. The topological polar surface area (TPSA) is 78.9 Å². The lowest BCUT2D eigenvalue weighted by Gasteiger charge is -2.26. The Morgan fingerprint density at radius 2 is 2.40 bits per heavy atom. The molecule has 1 rings (SSSR count). The number of nitrogens with zero attached hydrogens (tertiary/aromatic N) is 2. The van der Waals surface area contributed by atoms with Crippen molar-refractivity contribution in [1.29, 1.82) is 0 Å². The molecule has 2 atom stereocenters. The van der Waals surface area contributed by atoms with Gasteiger partial charge in [0.25, 0.3) is 0 Å². The van der Waals surface area contributed by atoms with Crippen LogP contribution in [0.2, 0.25) is 0 Å². The third kappa shape index (κ3) is 2.40. The summed E-state index contributed by atoms with van der Waals surface area (Å²) in [5, 5.41) is 11.6. The van der Waals surface area contributed by atoms with Gasteiger partial charge in [0, 0.05) is 12.5 Å². The molecule has 0 radical (unpaired) electrons. The average molecular weight is 213 g/mol. The molecule has 15 heavy (non-hydrogen) atoms. The lowest BCUT2D eigenvalue weighted by Crippen LogP contribution is -2.45. The first-order chi connectivity index (χ1) is 7.11. The van der Waals surface area contributed by atoms with Gasteiger partial charge < -0.3 is 15.8 Å². The lowest BCUT2D eigenvalue weighted by atomic mass is 10.1. The maximum atomic E-state index is 11.9. The molecule has 0 spiro atoms. The minimum Gasteiger partial charge on any atom is -0.409 e. The SMILES string of the molecule is CCC(C)C(=O)N1CCCC1C(N)=NO. The molecular formula is C10H19N3O2. The predicted octanol–water partition coefficient (Wildman–Crippen LogP) is 0.770. The van der Waals surface area contributed by atoms with Gasteiger partial charge >= 0.3 is 0 Å². The zero-order valence-electron chi connectivity index (χ0n) is 9.31. The second-order valence-corrected chi connectivity index (χ2v) is 4.02. The smallest absolute Gasteiger partial charge is 0.226 e. The molecule has 0 saturated carbocycles. The Hall–Kier alpha value is -1.26. The number of likely N-dealkylation sites (tertiary alicyclic amines) is 1. The standard InChI is InChI=1S/C10H19N3O2/c1-3-7(2)10(14)13-6-4-5-8(13)9(11)12-15/h7-8,15H,3-6H2,1-2H3,(H2,11,12). The summed E-state index contributed by atoms with van der Waals surface area (Å²) < 4.78 is 0. The molecule has 0 aromatic rings. The number of carbonyl (C=O) groups is 1. The highest BCUT2D eigenvalue weighted by atomic mass is 16.4. The van der Waals surface area contributed by atoms with Crippen LogP contribution in [-0.2, 0) is 4.79 Å². The van der Waals surface area contributed by atoms with E-state index in [9.17, 15) is 4.79 Å². The molecule has 1 fully saturated rings. The van der Waals surface area contributed by atoms with Gasteiger partial charge in [-0.15, -0.1) is 0 Å². The van der Waals surface area contributed by atoms with Gasteiger partial charge in [-0.2, -0.15) is 0 Å². The van der Waals surface area contributed by atoms with E-state index in [0.29, 0.717) is 6.54 Å². The van der Waals surface area contributed by atoms with E-state index in [-0.39, 0.29) is 23.7 Å². The van der Waals surface area contributed by atoms with Crippen molar-refractivity contribution in [2.24, 2.45) is 16.8 Å². The zero-order valence-corrected chi connectivity index (χ0v) is 9.31. The molecule has 1 saturated heterocycles. The van der Waals surface area contributed by atoms with Crippen molar-refractivity contribution in [3.05, 3.63) is 0 Å². The van der Waals surface area contributed by atoms with Crippen molar-refractivity contribution in [2.45, 2.75) is 39.2 Å². The monoisotopic (exact) mass is 213 g/mol. The van der Waals surface area contributed by atoms with Crippen LogP contribution in [0, 0.1) is 5.92 Å². The van der Waals surface area contributed by atoms with Crippen LogP contribution in [0.1, 0.15) is 33.1 Å². The van der Waals surface area contributed by atoms with Gasteiger partial charge in [-0.25, -0.2) is 0 Å². The van der Waals surface area contributed by atoms with Crippen molar-refractivity contribution >= 4 is 11.7 Å². The van der Waals surface area contributed by atoms with Gasteiger partial charge in [0.1, 0.15) is 0 Å². The molecule has 1 aliphatic heterocycles. The van der Waals surface area contributed by atoms with Crippen LogP contribution in [-0.4, -0.2) is 34.4 Å². The summed E-state index contributed by atoms with van der Waals surface area (Å²) in [7, 11) is 0. The van der Waals surface area contributed by atoms with E-state index in [4.69, 9.17) is 10.9 Å². The van der Waals surface area contributed by atoms with E-state index < -0.39 is 0 Å². The third-order valence-corrected chi connectivity index (χ3v) is 3.03. The molecule has 2 unspecified atom stereocenters. The summed E-state index contributed by atoms with van der Waals surface area (Å²) in [6, 6.07) is -0.212. The third-order valence-electron chi connectivity index (χ3n) is 3.03. The van der Waals surface area contributed by atoms with Gasteiger partial charge in [0.2, 0.25) is 5.91 Å². The minimum atomic E-state index is -0.212.